The van der Waals surface area contributed by atoms with E-state index in [1.807, 2.05) is 0 Å². The van der Waals surface area contributed by atoms with Crippen molar-refractivity contribution in [2.24, 2.45) is 0 Å². The van der Waals surface area contributed by atoms with E-state index in [1.165, 1.54) is 0 Å². The first-order chi connectivity index (χ1) is 13.0. The van der Waals surface area contributed by atoms with E-state index in [1.54, 1.807) is 68.8 Å². The van der Waals surface area contributed by atoms with Gasteiger partial charge in [-0.1, -0.05) is 0 Å². The molecule has 7 heteroatoms. The molecule has 0 bridgehead atoms. The summed E-state index contributed by atoms with van der Waals surface area (Å²) in [5, 5.41) is 0. The van der Waals surface area contributed by atoms with Gasteiger partial charge in [-0.25, -0.2) is 0 Å². The molecule has 0 aromatic heterocycles. The summed E-state index contributed by atoms with van der Waals surface area (Å²) >= 11 is 0. The minimum absolute atomic E-state index is 0.493. The van der Waals surface area contributed by atoms with Gasteiger partial charge in [0.05, 0.1) is 25.6 Å². The van der Waals surface area contributed by atoms with Crippen LogP contribution in [0.5, 0.6) is 34.5 Å². The average molecular weight is 367 g/mol. The lowest BCUT2D eigenvalue weighted by Crippen LogP contribution is -1.95. The van der Waals surface area contributed by atoms with Crippen LogP contribution in [0, 0.1) is 0 Å². The van der Waals surface area contributed by atoms with Crippen molar-refractivity contribution >= 4 is 17.1 Å². The normalized spacial score (nSPS) is 10.3. The van der Waals surface area contributed by atoms with Crippen molar-refractivity contribution in [2.75, 3.05) is 31.4 Å². The minimum Gasteiger partial charge on any atom is -0.494 e. The number of nitrogens with two attached hydrogens (primary N) is 3. The standard InChI is InChI=1S/C20H21N3O4/c1-24-19-10-13(3-5-17(19)22)26-15-7-12(21)8-16(9-15)27-14-4-6-18(23)20(11-14)25-2/h3-11H,21-23H2,1-2H3. The van der Waals surface area contributed by atoms with E-state index in [-0.39, 0.29) is 0 Å². The maximum Gasteiger partial charge on any atom is 0.145 e. The second-order valence-corrected chi connectivity index (χ2v) is 5.75. The van der Waals surface area contributed by atoms with Gasteiger partial charge in [-0.05, 0) is 24.3 Å². The summed E-state index contributed by atoms with van der Waals surface area (Å²) in [6, 6.07) is 15.4. The van der Waals surface area contributed by atoms with E-state index >= 15 is 0 Å². The molecule has 0 fully saturated rings. The summed E-state index contributed by atoms with van der Waals surface area (Å²) < 4.78 is 22.1. The Morgan fingerprint density at radius 3 is 1.41 bits per heavy atom. The summed E-state index contributed by atoms with van der Waals surface area (Å²) in [7, 11) is 3.09. The van der Waals surface area contributed by atoms with E-state index in [9.17, 15) is 0 Å². The van der Waals surface area contributed by atoms with Gasteiger partial charge in [0.2, 0.25) is 0 Å². The molecule has 0 saturated carbocycles. The van der Waals surface area contributed by atoms with Crippen molar-refractivity contribution < 1.29 is 18.9 Å². The van der Waals surface area contributed by atoms with Crippen LogP contribution in [0.4, 0.5) is 17.1 Å². The van der Waals surface area contributed by atoms with Crippen LogP contribution >= 0.6 is 0 Å². The molecule has 0 amide bonds. The van der Waals surface area contributed by atoms with Crippen LogP contribution in [0.25, 0.3) is 0 Å². The van der Waals surface area contributed by atoms with E-state index in [0.29, 0.717) is 51.6 Å². The quantitative estimate of drug-likeness (QED) is 0.563. The molecular weight excluding hydrogens is 346 g/mol. The summed E-state index contributed by atoms with van der Waals surface area (Å²) in [5.74, 6) is 3.21. The van der Waals surface area contributed by atoms with Gasteiger partial charge in [-0.15, -0.1) is 0 Å². The predicted molar refractivity (Wildman–Crippen MR) is 106 cm³/mol. The number of anilines is 3. The third-order valence-electron chi connectivity index (χ3n) is 3.78. The van der Waals surface area contributed by atoms with Gasteiger partial charge in [0, 0.05) is 36.0 Å². The minimum atomic E-state index is 0.493. The highest BCUT2D eigenvalue weighted by molar-refractivity contribution is 5.58. The number of benzene rings is 3. The van der Waals surface area contributed by atoms with Crippen LogP contribution < -0.4 is 36.1 Å². The molecule has 6 N–H and O–H groups in total. The maximum atomic E-state index is 5.98. The fourth-order valence-corrected chi connectivity index (χ4v) is 2.49. The predicted octanol–water partition coefficient (Wildman–Crippen LogP) is 4.04. The lowest BCUT2D eigenvalue weighted by atomic mass is 10.2. The monoisotopic (exact) mass is 367 g/mol. The zero-order valence-electron chi connectivity index (χ0n) is 15.1. The SMILES string of the molecule is COc1cc(Oc2cc(N)cc(Oc3ccc(N)c(OC)c3)c2)ccc1N. The Hall–Kier alpha value is -3.74. The largest absolute Gasteiger partial charge is 0.494 e. The number of hydrogen-bond acceptors (Lipinski definition) is 7. The number of rotatable bonds is 6. The van der Waals surface area contributed by atoms with Crippen LogP contribution in [-0.4, -0.2) is 14.2 Å². The van der Waals surface area contributed by atoms with Crippen LogP contribution in [0.2, 0.25) is 0 Å². The van der Waals surface area contributed by atoms with Crippen molar-refractivity contribution in [1.82, 2.24) is 0 Å². The highest BCUT2D eigenvalue weighted by Crippen LogP contribution is 2.35. The molecule has 0 unspecified atom stereocenters. The summed E-state index contributed by atoms with van der Waals surface area (Å²) in [4.78, 5) is 0. The van der Waals surface area contributed by atoms with E-state index < -0.39 is 0 Å². The van der Waals surface area contributed by atoms with Crippen molar-refractivity contribution in [3.63, 3.8) is 0 Å². The maximum absolute atomic E-state index is 5.98. The molecular formula is C20H21N3O4. The first-order valence-corrected chi connectivity index (χ1v) is 8.12. The number of methoxy groups -OCH3 is 2. The van der Waals surface area contributed by atoms with E-state index in [2.05, 4.69) is 0 Å². The van der Waals surface area contributed by atoms with Crippen molar-refractivity contribution in [3.05, 3.63) is 54.6 Å². The molecule has 0 aliphatic carbocycles. The molecule has 0 saturated heterocycles. The zero-order chi connectivity index (χ0) is 19.4. The van der Waals surface area contributed by atoms with Crippen LogP contribution in [0.15, 0.2) is 54.6 Å². The Balaban J connectivity index is 1.84. The molecule has 3 aromatic rings. The van der Waals surface area contributed by atoms with Crippen molar-refractivity contribution in [3.8, 4) is 34.5 Å². The first kappa shape index (κ1) is 18.1. The van der Waals surface area contributed by atoms with Crippen LogP contribution in [-0.2, 0) is 0 Å². The molecule has 27 heavy (non-hydrogen) atoms. The topological polar surface area (TPSA) is 115 Å². The number of ether oxygens (including phenoxy) is 4. The zero-order valence-corrected chi connectivity index (χ0v) is 15.1. The third kappa shape index (κ3) is 4.27. The van der Waals surface area contributed by atoms with Gasteiger partial charge in [-0.2, -0.15) is 0 Å². The summed E-state index contributed by atoms with van der Waals surface area (Å²) in [6.45, 7) is 0. The van der Waals surface area contributed by atoms with E-state index in [4.69, 9.17) is 36.1 Å². The summed E-state index contributed by atoms with van der Waals surface area (Å²) in [5.41, 5.74) is 19.2. The molecule has 0 aliphatic rings. The highest BCUT2D eigenvalue weighted by Gasteiger charge is 2.08. The number of nitrogen functional groups attached to an aromatic ring is 3. The third-order valence-corrected chi connectivity index (χ3v) is 3.78. The molecule has 3 rings (SSSR count). The highest BCUT2D eigenvalue weighted by atomic mass is 16.5. The van der Waals surface area contributed by atoms with E-state index in [0.717, 1.165) is 0 Å². The molecule has 0 aliphatic heterocycles. The molecule has 0 radical (unpaired) electrons. The Morgan fingerprint density at radius 2 is 1.00 bits per heavy atom. The Kier molecular flexibility index (Phi) is 5.12. The van der Waals surface area contributed by atoms with Crippen molar-refractivity contribution in [2.45, 2.75) is 0 Å². The van der Waals surface area contributed by atoms with Gasteiger partial charge < -0.3 is 36.1 Å². The molecule has 3 aromatic carbocycles. The molecule has 0 spiro atoms. The van der Waals surface area contributed by atoms with Gasteiger partial charge in [0.25, 0.3) is 0 Å². The summed E-state index contributed by atoms with van der Waals surface area (Å²) in [6.07, 6.45) is 0. The van der Waals surface area contributed by atoms with Gasteiger partial charge in [0.15, 0.2) is 0 Å². The van der Waals surface area contributed by atoms with Gasteiger partial charge in [-0.3, -0.25) is 0 Å². The van der Waals surface area contributed by atoms with Crippen LogP contribution in [0.1, 0.15) is 0 Å². The smallest absolute Gasteiger partial charge is 0.145 e. The first-order valence-electron chi connectivity index (χ1n) is 8.12. The molecule has 140 valence electrons. The second-order valence-electron chi connectivity index (χ2n) is 5.75. The number of hydrogen-bond donors (Lipinski definition) is 3. The molecule has 0 heterocycles. The fourth-order valence-electron chi connectivity index (χ4n) is 2.49. The Bertz CT molecular complexity index is 886. The second kappa shape index (κ2) is 7.65. The van der Waals surface area contributed by atoms with Gasteiger partial charge >= 0.3 is 0 Å². The Labute approximate surface area is 157 Å². The lowest BCUT2D eigenvalue weighted by Gasteiger charge is -2.13. The Morgan fingerprint density at radius 1 is 0.556 bits per heavy atom. The van der Waals surface area contributed by atoms with Crippen LogP contribution in [0.3, 0.4) is 0 Å². The van der Waals surface area contributed by atoms with Gasteiger partial charge in [0.1, 0.15) is 34.5 Å². The molecule has 0 atom stereocenters. The molecule has 7 nitrogen and oxygen atoms in total. The lowest BCUT2D eigenvalue weighted by molar-refractivity contribution is 0.409. The fraction of sp³-hybridized carbons (Fsp3) is 0.100. The average Bonchev–Trinajstić information content (AvgIpc) is 2.64. The van der Waals surface area contributed by atoms with Crippen molar-refractivity contribution in [1.29, 1.82) is 0 Å².